The molecule has 0 saturated heterocycles. The topological polar surface area (TPSA) is 128 Å². The van der Waals surface area contributed by atoms with E-state index in [-0.39, 0.29) is 39.1 Å². The first-order valence-electron chi connectivity index (χ1n) is 11.5. The molecule has 2 aromatic heterocycles. The lowest BCUT2D eigenvalue weighted by molar-refractivity contribution is 0.0652. The number of para-hydroxylation sites is 1. The van der Waals surface area contributed by atoms with Gasteiger partial charge in [0, 0.05) is 23.1 Å². The zero-order valence-electron chi connectivity index (χ0n) is 19.4. The zero-order valence-corrected chi connectivity index (χ0v) is 20.9. The third-order valence-corrected chi connectivity index (χ3v) is 7.43. The number of nitrogens with one attached hydrogen (secondary N) is 2. The number of tetrazole rings is 1. The second kappa shape index (κ2) is 9.23. The van der Waals surface area contributed by atoms with Crippen LogP contribution in [-0.4, -0.2) is 54.0 Å². The van der Waals surface area contributed by atoms with Crippen LogP contribution in [0, 0.1) is 5.82 Å². The van der Waals surface area contributed by atoms with E-state index in [1.165, 1.54) is 18.2 Å². The highest BCUT2D eigenvalue weighted by molar-refractivity contribution is 6.42. The highest BCUT2D eigenvalue weighted by Gasteiger charge is 2.37. The Balaban J connectivity index is 1.55. The number of amides is 1. The van der Waals surface area contributed by atoms with Crippen molar-refractivity contribution in [3.05, 3.63) is 98.4 Å². The molecule has 0 bridgehead atoms. The normalized spacial score (nSPS) is 15.0. The molecule has 1 amide bonds. The summed E-state index contributed by atoms with van der Waals surface area (Å²) >= 11 is 12.2. The molecule has 3 aromatic carbocycles. The fourth-order valence-corrected chi connectivity index (χ4v) is 5.35. The molecule has 0 aliphatic carbocycles. The molecule has 1 aliphatic heterocycles. The molecule has 3 heterocycles. The summed E-state index contributed by atoms with van der Waals surface area (Å²) in [7, 11) is 0. The van der Waals surface area contributed by atoms with Gasteiger partial charge in [-0.15, -0.1) is 10.2 Å². The number of H-pyrrole nitrogens is 2. The van der Waals surface area contributed by atoms with Gasteiger partial charge in [-0.1, -0.05) is 47.5 Å². The van der Waals surface area contributed by atoms with Gasteiger partial charge in [0.05, 0.1) is 32.8 Å². The summed E-state index contributed by atoms with van der Waals surface area (Å²) in [5, 5.41) is 24.5. The maximum atomic E-state index is 14.8. The second-order valence-corrected chi connectivity index (χ2v) is 9.62. The number of carboxylic acid groups (broad SMARTS) is 1. The molecule has 1 unspecified atom stereocenters. The average molecular weight is 551 g/mol. The van der Waals surface area contributed by atoms with E-state index in [9.17, 15) is 19.1 Å². The average Bonchev–Trinajstić information content (AvgIpc) is 3.57. The number of carbonyl (C=O) groups excluding carboxylic acids is 1. The van der Waals surface area contributed by atoms with Gasteiger partial charge in [0.2, 0.25) is 5.82 Å². The molecule has 1 aliphatic rings. The summed E-state index contributed by atoms with van der Waals surface area (Å²) in [6.07, 6.45) is 0.518. The van der Waals surface area contributed by atoms with Crippen molar-refractivity contribution < 1.29 is 19.1 Å². The van der Waals surface area contributed by atoms with Crippen LogP contribution in [0.2, 0.25) is 10.0 Å². The van der Waals surface area contributed by atoms with Crippen LogP contribution in [-0.2, 0) is 6.42 Å². The largest absolute Gasteiger partial charge is 0.478 e. The molecule has 0 radical (unpaired) electrons. The predicted molar refractivity (Wildman–Crippen MR) is 138 cm³/mol. The molecule has 5 aromatic rings. The van der Waals surface area contributed by atoms with E-state index in [1.54, 1.807) is 17.0 Å². The van der Waals surface area contributed by atoms with Gasteiger partial charge in [0.1, 0.15) is 5.82 Å². The number of aromatic amines is 2. The minimum Gasteiger partial charge on any atom is -0.478 e. The van der Waals surface area contributed by atoms with E-state index in [2.05, 4.69) is 25.6 Å². The number of rotatable bonds is 4. The van der Waals surface area contributed by atoms with Crippen molar-refractivity contribution in [1.29, 1.82) is 0 Å². The van der Waals surface area contributed by atoms with Gasteiger partial charge in [-0.05, 0) is 53.1 Å². The maximum absolute atomic E-state index is 14.8. The lowest BCUT2D eigenvalue weighted by Gasteiger charge is -2.36. The molecule has 38 heavy (non-hydrogen) atoms. The summed E-state index contributed by atoms with van der Waals surface area (Å²) < 4.78 is 14.8. The summed E-state index contributed by atoms with van der Waals surface area (Å²) in [5.74, 6) is -2.36. The number of hydrogen-bond acceptors (Lipinski definition) is 5. The van der Waals surface area contributed by atoms with Gasteiger partial charge in [-0.3, -0.25) is 4.79 Å². The Hall–Kier alpha value is -4.28. The Bertz CT molecular complexity index is 1740. The standard InChI is InChI=1S/C26H17Cl2FN6O3/c27-18-10-15(16(26(37)38)11-19(18)28)25(36)35-8-7-14-13-3-1-2-4-21(13)30-22(14)23(35)12-5-6-20(29)17(9-12)24-31-33-34-32-24/h1-6,9-11,23,30H,7-8H2,(H,37,38)(H,31,32,33,34). The SMILES string of the molecule is O=C(O)c1cc(Cl)c(Cl)cc1C(=O)N1CCc2c([nH]c3ccccc23)C1c1ccc(F)c(-c2nn[nH]n2)c1. The molecule has 3 N–H and O–H groups in total. The number of benzene rings is 3. The number of fused-ring (bicyclic) bond motifs is 3. The first kappa shape index (κ1) is 24.1. The van der Waals surface area contributed by atoms with Crippen LogP contribution in [0.5, 0.6) is 0 Å². The Kier molecular flexibility index (Phi) is 5.85. The van der Waals surface area contributed by atoms with Crippen molar-refractivity contribution in [2.75, 3.05) is 6.54 Å². The van der Waals surface area contributed by atoms with Gasteiger partial charge >= 0.3 is 5.97 Å². The van der Waals surface area contributed by atoms with Crippen molar-refractivity contribution in [1.82, 2.24) is 30.5 Å². The van der Waals surface area contributed by atoms with Gasteiger partial charge < -0.3 is 15.0 Å². The number of hydrogen-bond donors (Lipinski definition) is 3. The fraction of sp³-hybridized carbons (Fsp3) is 0.115. The van der Waals surface area contributed by atoms with E-state index in [4.69, 9.17) is 23.2 Å². The Labute approximate surface area is 224 Å². The molecule has 1 atom stereocenters. The monoisotopic (exact) mass is 550 g/mol. The summed E-state index contributed by atoms with van der Waals surface area (Å²) in [6.45, 7) is 0.270. The molecular formula is C26H17Cl2FN6O3. The molecule has 0 spiro atoms. The van der Waals surface area contributed by atoms with E-state index in [0.29, 0.717) is 12.0 Å². The van der Waals surface area contributed by atoms with Crippen LogP contribution in [0.25, 0.3) is 22.3 Å². The summed E-state index contributed by atoms with van der Waals surface area (Å²) in [5.41, 5.74) is 2.96. The van der Waals surface area contributed by atoms with Gasteiger partial charge in [-0.25, -0.2) is 9.18 Å². The van der Waals surface area contributed by atoms with Crippen LogP contribution < -0.4 is 0 Å². The van der Waals surface area contributed by atoms with E-state index >= 15 is 0 Å². The number of carbonyl (C=O) groups is 2. The second-order valence-electron chi connectivity index (χ2n) is 8.81. The number of aromatic nitrogens is 5. The summed E-state index contributed by atoms with van der Waals surface area (Å²) in [6, 6.07) is 13.9. The first-order chi connectivity index (χ1) is 18.3. The van der Waals surface area contributed by atoms with E-state index in [1.807, 2.05) is 24.3 Å². The van der Waals surface area contributed by atoms with Crippen LogP contribution >= 0.6 is 23.2 Å². The highest BCUT2D eigenvalue weighted by atomic mass is 35.5. The van der Waals surface area contributed by atoms with Gasteiger partial charge in [-0.2, -0.15) is 5.21 Å². The molecule has 190 valence electrons. The van der Waals surface area contributed by atoms with Crippen molar-refractivity contribution >= 4 is 46.0 Å². The molecule has 12 heteroatoms. The van der Waals surface area contributed by atoms with Gasteiger partial charge in [0.25, 0.3) is 5.91 Å². The Morgan fingerprint density at radius 2 is 1.82 bits per heavy atom. The fourth-order valence-electron chi connectivity index (χ4n) is 5.02. The lowest BCUT2D eigenvalue weighted by atomic mass is 9.90. The molecule has 0 saturated carbocycles. The number of carboxylic acids is 1. The van der Waals surface area contributed by atoms with Crippen LogP contribution in [0.15, 0.2) is 54.6 Å². The lowest BCUT2D eigenvalue weighted by Crippen LogP contribution is -2.41. The first-order valence-corrected chi connectivity index (χ1v) is 12.2. The minimum absolute atomic E-state index is 0.0250. The van der Waals surface area contributed by atoms with E-state index in [0.717, 1.165) is 22.2 Å². The van der Waals surface area contributed by atoms with Crippen LogP contribution in [0.3, 0.4) is 0 Å². The van der Waals surface area contributed by atoms with Crippen molar-refractivity contribution in [2.24, 2.45) is 0 Å². The third-order valence-electron chi connectivity index (χ3n) is 6.71. The quantitative estimate of drug-likeness (QED) is 0.279. The highest BCUT2D eigenvalue weighted by Crippen LogP contribution is 2.41. The molecular weight excluding hydrogens is 534 g/mol. The third kappa shape index (κ3) is 3.89. The number of halogens is 3. The Morgan fingerprint density at radius 3 is 2.55 bits per heavy atom. The summed E-state index contributed by atoms with van der Waals surface area (Å²) in [4.78, 5) is 31.0. The zero-order chi connectivity index (χ0) is 26.6. The van der Waals surface area contributed by atoms with E-state index < -0.39 is 23.7 Å². The van der Waals surface area contributed by atoms with Crippen molar-refractivity contribution in [2.45, 2.75) is 12.5 Å². The maximum Gasteiger partial charge on any atom is 0.336 e. The smallest absolute Gasteiger partial charge is 0.336 e. The van der Waals surface area contributed by atoms with Crippen molar-refractivity contribution in [3.63, 3.8) is 0 Å². The Morgan fingerprint density at radius 1 is 1.05 bits per heavy atom. The number of aromatic carboxylic acids is 1. The molecule has 6 rings (SSSR count). The van der Waals surface area contributed by atoms with Crippen LogP contribution in [0.4, 0.5) is 4.39 Å². The van der Waals surface area contributed by atoms with Crippen molar-refractivity contribution in [3.8, 4) is 11.4 Å². The van der Waals surface area contributed by atoms with Gasteiger partial charge in [0.15, 0.2) is 0 Å². The molecule has 9 nitrogen and oxygen atoms in total. The molecule has 0 fully saturated rings. The minimum atomic E-state index is -1.31. The number of nitrogens with zero attached hydrogens (tertiary/aromatic N) is 4. The predicted octanol–water partition coefficient (Wildman–Crippen LogP) is 5.28. The van der Waals surface area contributed by atoms with Crippen LogP contribution in [0.1, 0.15) is 43.6 Å².